The third-order valence-corrected chi connectivity index (χ3v) is 2.55. The molecule has 0 unspecified atom stereocenters. The van der Waals surface area contributed by atoms with Gasteiger partial charge in [-0.2, -0.15) is 0 Å². The number of halogens is 1. The maximum Gasteiger partial charge on any atom is 0.123 e. The number of nitrogens with zero attached hydrogens (tertiary/aromatic N) is 1. The Hall–Kier alpha value is -1.90. The molecular weight excluding hydrogens is 203 g/mol. The lowest BCUT2D eigenvalue weighted by Crippen LogP contribution is -1.95. The molecule has 3 heteroatoms. The number of nitrogen functional groups attached to an aromatic ring is 1. The summed E-state index contributed by atoms with van der Waals surface area (Å²) < 4.78 is 12.8. The van der Waals surface area contributed by atoms with Crippen LogP contribution in [0.5, 0.6) is 0 Å². The third-order valence-electron chi connectivity index (χ3n) is 2.55. The van der Waals surface area contributed by atoms with Gasteiger partial charge in [0.25, 0.3) is 0 Å². The minimum atomic E-state index is -0.231. The van der Waals surface area contributed by atoms with Gasteiger partial charge in [0.2, 0.25) is 0 Å². The van der Waals surface area contributed by atoms with Crippen molar-refractivity contribution in [2.45, 2.75) is 13.3 Å². The molecule has 0 radical (unpaired) electrons. The molecule has 82 valence electrons. The average molecular weight is 216 g/mol. The molecule has 0 aliphatic carbocycles. The van der Waals surface area contributed by atoms with Crippen molar-refractivity contribution < 1.29 is 4.39 Å². The fourth-order valence-electron chi connectivity index (χ4n) is 1.70. The second-order valence-electron chi connectivity index (χ2n) is 3.63. The number of anilines is 1. The van der Waals surface area contributed by atoms with Crippen LogP contribution < -0.4 is 5.73 Å². The van der Waals surface area contributed by atoms with E-state index in [1.807, 2.05) is 6.07 Å². The molecule has 1 heterocycles. The molecule has 2 aromatic rings. The summed E-state index contributed by atoms with van der Waals surface area (Å²) in [5, 5.41) is 0. The van der Waals surface area contributed by atoms with E-state index in [0.717, 1.165) is 23.1 Å². The van der Waals surface area contributed by atoms with E-state index in [4.69, 9.17) is 5.73 Å². The van der Waals surface area contributed by atoms with Crippen molar-refractivity contribution in [2.75, 3.05) is 5.73 Å². The number of benzene rings is 1. The molecule has 0 saturated heterocycles. The van der Waals surface area contributed by atoms with Crippen molar-refractivity contribution >= 4 is 5.82 Å². The van der Waals surface area contributed by atoms with Crippen molar-refractivity contribution in [3.8, 4) is 11.1 Å². The summed E-state index contributed by atoms with van der Waals surface area (Å²) in [6, 6.07) is 8.26. The Kier molecular flexibility index (Phi) is 2.86. The maximum atomic E-state index is 12.8. The van der Waals surface area contributed by atoms with E-state index in [1.165, 1.54) is 12.1 Å². The summed E-state index contributed by atoms with van der Waals surface area (Å²) in [7, 11) is 0. The number of aryl methyl sites for hydroxylation is 1. The second kappa shape index (κ2) is 4.31. The van der Waals surface area contributed by atoms with Crippen molar-refractivity contribution in [3.63, 3.8) is 0 Å². The van der Waals surface area contributed by atoms with Crippen LogP contribution in [-0.2, 0) is 6.42 Å². The zero-order valence-corrected chi connectivity index (χ0v) is 9.07. The molecular formula is C13H13FN2. The van der Waals surface area contributed by atoms with Crippen LogP contribution in [-0.4, -0.2) is 4.98 Å². The van der Waals surface area contributed by atoms with Crippen LogP contribution in [0.3, 0.4) is 0 Å². The Morgan fingerprint density at radius 3 is 2.56 bits per heavy atom. The van der Waals surface area contributed by atoms with Gasteiger partial charge in [0, 0.05) is 11.8 Å². The second-order valence-corrected chi connectivity index (χ2v) is 3.63. The van der Waals surface area contributed by atoms with E-state index in [2.05, 4.69) is 11.9 Å². The lowest BCUT2D eigenvalue weighted by molar-refractivity contribution is 0.628. The fraction of sp³-hybridized carbons (Fsp3) is 0.154. The molecule has 0 bridgehead atoms. The van der Waals surface area contributed by atoms with Gasteiger partial charge < -0.3 is 5.73 Å². The predicted molar refractivity (Wildman–Crippen MR) is 63.4 cm³/mol. The van der Waals surface area contributed by atoms with Crippen molar-refractivity contribution in [2.24, 2.45) is 0 Å². The first-order valence-corrected chi connectivity index (χ1v) is 5.21. The maximum absolute atomic E-state index is 12.8. The summed E-state index contributed by atoms with van der Waals surface area (Å²) in [4.78, 5) is 4.07. The number of pyridine rings is 1. The zero-order chi connectivity index (χ0) is 11.5. The van der Waals surface area contributed by atoms with Crippen molar-refractivity contribution in [1.29, 1.82) is 0 Å². The number of rotatable bonds is 2. The van der Waals surface area contributed by atoms with Gasteiger partial charge in [0.1, 0.15) is 11.6 Å². The van der Waals surface area contributed by atoms with Gasteiger partial charge in [0.05, 0.1) is 0 Å². The van der Waals surface area contributed by atoms with Gasteiger partial charge in [-0.15, -0.1) is 0 Å². The Labute approximate surface area is 93.9 Å². The van der Waals surface area contributed by atoms with E-state index in [9.17, 15) is 4.39 Å². The van der Waals surface area contributed by atoms with Gasteiger partial charge in [-0.05, 0) is 35.7 Å². The smallest absolute Gasteiger partial charge is 0.123 e. The third kappa shape index (κ3) is 2.03. The fourth-order valence-corrected chi connectivity index (χ4v) is 1.70. The summed E-state index contributed by atoms with van der Waals surface area (Å²) in [6.45, 7) is 2.06. The average Bonchev–Trinajstić information content (AvgIpc) is 2.30. The predicted octanol–water partition coefficient (Wildman–Crippen LogP) is 3.03. The SMILES string of the molecule is CCc1cc(N)ncc1-c1ccc(F)cc1. The summed E-state index contributed by atoms with van der Waals surface area (Å²) in [5.74, 6) is 0.285. The van der Waals surface area contributed by atoms with E-state index in [-0.39, 0.29) is 5.82 Å². The molecule has 0 aliphatic heterocycles. The molecule has 0 saturated carbocycles. The van der Waals surface area contributed by atoms with Crippen LogP contribution >= 0.6 is 0 Å². The normalized spacial score (nSPS) is 10.4. The first kappa shape index (κ1) is 10.6. The molecule has 1 aromatic heterocycles. The lowest BCUT2D eigenvalue weighted by atomic mass is 10.0. The molecule has 0 atom stereocenters. The number of hydrogen-bond donors (Lipinski definition) is 1. The van der Waals surface area contributed by atoms with Crippen LogP contribution in [0.1, 0.15) is 12.5 Å². The topological polar surface area (TPSA) is 38.9 Å². The Balaban J connectivity index is 2.51. The van der Waals surface area contributed by atoms with Crippen LogP contribution in [0.15, 0.2) is 36.5 Å². The Bertz CT molecular complexity index is 492. The van der Waals surface area contributed by atoms with Gasteiger partial charge >= 0.3 is 0 Å². The Morgan fingerprint density at radius 2 is 1.94 bits per heavy atom. The van der Waals surface area contributed by atoms with Gasteiger partial charge in [-0.1, -0.05) is 19.1 Å². The molecule has 0 amide bonds. The first-order valence-electron chi connectivity index (χ1n) is 5.21. The largest absolute Gasteiger partial charge is 0.384 e. The summed E-state index contributed by atoms with van der Waals surface area (Å²) in [5.41, 5.74) is 8.73. The molecule has 0 spiro atoms. The molecule has 0 aliphatic rings. The van der Waals surface area contributed by atoms with Crippen LogP contribution in [0.2, 0.25) is 0 Å². The number of nitrogens with two attached hydrogens (primary N) is 1. The molecule has 2 nitrogen and oxygen atoms in total. The summed E-state index contributed by atoms with van der Waals surface area (Å²) in [6.07, 6.45) is 2.61. The molecule has 2 N–H and O–H groups in total. The first-order chi connectivity index (χ1) is 7.70. The quantitative estimate of drug-likeness (QED) is 0.838. The van der Waals surface area contributed by atoms with Gasteiger partial charge in [-0.25, -0.2) is 9.37 Å². The van der Waals surface area contributed by atoms with Gasteiger partial charge in [0.15, 0.2) is 0 Å². The molecule has 2 rings (SSSR count). The van der Waals surface area contributed by atoms with E-state index in [1.54, 1.807) is 18.3 Å². The zero-order valence-electron chi connectivity index (χ0n) is 9.07. The lowest BCUT2D eigenvalue weighted by Gasteiger charge is -2.08. The van der Waals surface area contributed by atoms with Crippen molar-refractivity contribution in [1.82, 2.24) is 4.98 Å². The van der Waals surface area contributed by atoms with E-state index < -0.39 is 0 Å². The molecule has 0 fully saturated rings. The van der Waals surface area contributed by atoms with Crippen LogP contribution in [0, 0.1) is 5.82 Å². The minimum absolute atomic E-state index is 0.231. The number of aromatic nitrogens is 1. The van der Waals surface area contributed by atoms with Crippen LogP contribution in [0.25, 0.3) is 11.1 Å². The minimum Gasteiger partial charge on any atom is -0.384 e. The standard InChI is InChI=1S/C13H13FN2/c1-2-9-7-13(15)16-8-12(9)10-3-5-11(14)6-4-10/h3-8H,2H2,1H3,(H2,15,16). The highest BCUT2D eigenvalue weighted by molar-refractivity contribution is 5.67. The summed E-state index contributed by atoms with van der Waals surface area (Å²) >= 11 is 0. The van der Waals surface area contributed by atoms with Crippen LogP contribution in [0.4, 0.5) is 10.2 Å². The van der Waals surface area contributed by atoms with E-state index >= 15 is 0 Å². The number of hydrogen-bond acceptors (Lipinski definition) is 2. The highest BCUT2D eigenvalue weighted by Gasteiger charge is 2.05. The van der Waals surface area contributed by atoms with E-state index in [0.29, 0.717) is 5.82 Å². The Morgan fingerprint density at radius 1 is 1.25 bits per heavy atom. The molecule has 1 aromatic carbocycles. The van der Waals surface area contributed by atoms with Crippen molar-refractivity contribution in [3.05, 3.63) is 47.9 Å². The highest BCUT2D eigenvalue weighted by atomic mass is 19.1. The highest BCUT2D eigenvalue weighted by Crippen LogP contribution is 2.24. The molecule has 16 heavy (non-hydrogen) atoms. The monoisotopic (exact) mass is 216 g/mol. The van der Waals surface area contributed by atoms with Gasteiger partial charge in [-0.3, -0.25) is 0 Å².